The minimum atomic E-state index is 0.0740. The summed E-state index contributed by atoms with van der Waals surface area (Å²) in [6.45, 7) is 12.1. The topological polar surface area (TPSA) is 48.5 Å². The van der Waals surface area contributed by atoms with Gasteiger partial charge in [0.2, 0.25) is 5.95 Å². The Morgan fingerprint density at radius 1 is 0.364 bits per heavy atom. The average molecular weight is 992 g/mol. The van der Waals surface area contributed by atoms with Crippen LogP contribution in [0.25, 0.3) is 123 Å². The van der Waals surface area contributed by atoms with Gasteiger partial charge in [0.25, 0.3) is 0 Å². The molecule has 0 bridgehead atoms. The van der Waals surface area contributed by atoms with Crippen molar-refractivity contribution in [1.82, 2.24) is 24.1 Å². The molecule has 0 aliphatic heterocycles. The van der Waals surface area contributed by atoms with Gasteiger partial charge in [0.05, 0.1) is 22.1 Å². The van der Waals surface area contributed by atoms with Crippen LogP contribution in [0.3, 0.4) is 0 Å². The zero-order valence-electron chi connectivity index (χ0n) is 44.0. The summed E-state index contributed by atoms with van der Waals surface area (Å²) in [4.78, 5) is 16.3. The van der Waals surface area contributed by atoms with E-state index >= 15 is 0 Å². The third-order valence-corrected chi connectivity index (χ3v) is 16.9. The molecule has 1 aliphatic rings. The minimum Gasteiger partial charge on any atom is -0.307 e. The number of para-hydroxylation sites is 2. The van der Waals surface area contributed by atoms with Gasteiger partial charge in [-0.25, -0.2) is 4.98 Å². The molecule has 1 unspecified atom stereocenters. The van der Waals surface area contributed by atoms with E-state index in [1.807, 2.05) is 0 Å². The second kappa shape index (κ2) is 18.0. The lowest BCUT2D eigenvalue weighted by Crippen LogP contribution is -2.40. The summed E-state index contributed by atoms with van der Waals surface area (Å²) in [5.41, 5.74) is 19.8. The van der Waals surface area contributed by atoms with Gasteiger partial charge in [0.15, 0.2) is 11.6 Å². The zero-order chi connectivity index (χ0) is 52.0. The SMILES string of the molecule is CC1CC(C)(C)c2cccc(-c3ccc(-c4ccc(-n5c6ccccc6c6ccc7c8ccccc8n(-c8nc(-c9ccc(-c%10ccccc%10)cc9)nc(-c9ccccc9-c9ccccc9)n8)c7c65)cc4)cc3)c2C1(C)C. The standard InChI is InChI=1S/C72H57N5/c1-46-45-71(2,3)62-28-18-27-56(65(62)72(46,4)5)52-35-31-49(32-36-52)50-39-41-54(42-40-50)76-63-29-16-14-24-57(63)59-43-44-60-58-25-15-17-30-64(58)77(67(60)66(59)76)70-74-68(53-37-33-48(34-38-53)47-19-8-6-9-20-47)73-69(75-70)61-26-13-12-23-55(61)51-21-10-7-11-22-51/h6-44,46H,45H2,1-5H3. The van der Waals surface area contributed by atoms with E-state index in [0.717, 1.165) is 77.3 Å². The first-order valence-corrected chi connectivity index (χ1v) is 27.0. The Labute approximate surface area is 449 Å². The van der Waals surface area contributed by atoms with E-state index in [1.54, 1.807) is 0 Å². The van der Waals surface area contributed by atoms with Crippen LogP contribution < -0.4 is 0 Å². The van der Waals surface area contributed by atoms with Crippen molar-refractivity contribution in [3.63, 3.8) is 0 Å². The monoisotopic (exact) mass is 991 g/mol. The van der Waals surface area contributed by atoms with Crippen LogP contribution >= 0.6 is 0 Å². The average Bonchev–Trinajstić information content (AvgIpc) is 4.25. The molecule has 0 fully saturated rings. The molecular formula is C72H57N5. The number of fused-ring (bicyclic) bond motifs is 8. The van der Waals surface area contributed by atoms with Crippen LogP contribution in [0, 0.1) is 5.92 Å². The van der Waals surface area contributed by atoms with E-state index in [0.29, 0.717) is 23.5 Å². The fourth-order valence-corrected chi connectivity index (χ4v) is 12.8. The number of hydrogen-bond donors (Lipinski definition) is 0. The highest BCUT2D eigenvalue weighted by Gasteiger charge is 2.43. The van der Waals surface area contributed by atoms with Crippen LogP contribution in [0.2, 0.25) is 0 Å². The number of rotatable bonds is 8. The Bertz CT molecular complexity index is 4390. The van der Waals surface area contributed by atoms with Crippen LogP contribution in [-0.4, -0.2) is 24.1 Å². The van der Waals surface area contributed by atoms with E-state index in [2.05, 4.69) is 280 Å². The van der Waals surface area contributed by atoms with Gasteiger partial charge in [0.1, 0.15) is 0 Å². The molecule has 370 valence electrons. The van der Waals surface area contributed by atoms with Gasteiger partial charge in [-0.15, -0.1) is 0 Å². The van der Waals surface area contributed by atoms with E-state index in [9.17, 15) is 0 Å². The number of benzene rings is 10. The van der Waals surface area contributed by atoms with Crippen LogP contribution in [0.15, 0.2) is 237 Å². The van der Waals surface area contributed by atoms with Gasteiger partial charge in [-0.2, -0.15) is 9.97 Å². The Morgan fingerprint density at radius 3 is 1.45 bits per heavy atom. The molecule has 0 saturated carbocycles. The highest BCUT2D eigenvalue weighted by atomic mass is 15.2. The van der Waals surface area contributed by atoms with Gasteiger partial charge in [-0.1, -0.05) is 247 Å². The van der Waals surface area contributed by atoms with Crippen molar-refractivity contribution in [2.45, 2.75) is 51.9 Å². The van der Waals surface area contributed by atoms with Gasteiger partial charge in [-0.05, 0) is 103 Å². The quantitative estimate of drug-likeness (QED) is 0.152. The number of nitrogens with zero attached hydrogens (tertiary/aromatic N) is 5. The highest BCUT2D eigenvalue weighted by molar-refractivity contribution is 6.23. The van der Waals surface area contributed by atoms with Crippen molar-refractivity contribution in [3.05, 3.63) is 248 Å². The fourth-order valence-electron chi connectivity index (χ4n) is 12.8. The fraction of sp³-hybridized carbons (Fsp3) is 0.125. The van der Waals surface area contributed by atoms with Crippen LogP contribution in [0.1, 0.15) is 52.2 Å². The van der Waals surface area contributed by atoms with Crippen molar-refractivity contribution >= 4 is 43.6 Å². The van der Waals surface area contributed by atoms with Crippen molar-refractivity contribution < 1.29 is 0 Å². The van der Waals surface area contributed by atoms with E-state index in [4.69, 9.17) is 15.0 Å². The third kappa shape index (κ3) is 7.63. The molecule has 0 radical (unpaired) electrons. The maximum atomic E-state index is 5.53. The molecule has 0 amide bonds. The molecular weight excluding hydrogens is 935 g/mol. The Balaban J connectivity index is 0.944. The molecule has 5 nitrogen and oxygen atoms in total. The lowest BCUT2D eigenvalue weighted by atomic mass is 9.57. The van der Waals surface area contributed by atoms with Crippen molar-refractivity contribution in [3.8, 4) is 78.9 Å². The first-order valence-electron chi connectivity index (χ1n) is 27.0. The van der Waals surface area contributed by atoms with Crippen LogP contribution in [0.4, 0.5) is 0 Å². The molecule has 1 aliphatic carbocycles. The second-order valence-corrected chi connectivity index (χ2v) is 22.3. The molecule has 5 heteroatoms. The van der Waals surface area contributed by atoms with Gasteiger partial charge in [0, 0.05) is 38.4 Å². The van der Waals surface area contributed by atoms with Crippen molar-refractivity contribution in [1.29, 1.82) is 0 Å². The summed E-state index contributed by atoms with van der Waals surface area (Å²) in [5, 5.41) is 4.58. The summed E-state index contributed by atoms with van der Waals surface area (Å²) < 4.78 is 4.72. The molecule has 3 heterocycles. The van der Waals surface area contributed by atoms with Crippen LogP contribution in [0.5, 0.6) is 0 Å². The molecule has 3 aromatic heterocycles. The lowest BCUT2D eigenvalue weighted by molar-refractivity contribution is 0.234. The Hall–Kier alpha value is -9.19. The van der Waals surface area contributed by atoms with E-state index < -0.39 is 0 Å². The van der Waals surface area contributed by atoms with Gasteiger partial charge >= 0.3 is 0 Å². The van der Waals surface area contributed by atoms with Crippen molar-refractivity contribution in [2.75, 3.05) is 0 Å². The van der Waals surface area contributed by atoms with E-state index in [1.165, 1.54) is 45.2 Å². The van der Waals surface area contributed by atoms with E-state index in [-0.39, 0.29) is 10.8 Å². The first-order chi connectivity index (χ1) is 37.6. The predicted octanol–water partition coefficient (Wildman–Crippen LogP) is 18.7. The second-order valence-electron chi connectivity index (χ2n) is 22.3. The van der Waals surface area contributed by atoms with Gasteiger partial charge in [-0.3, -0.25) is 4.57 Å². The summed E-state index contributed by atoms with van der Waals surface area (Å²) in [7, 11) is 0. The Kier molecular flexibility index (Phi) is 10.8. The molecule has 0 saturated heterocycles. The maximum absolute atomic E-state index is 5.53. The molecule has 10 aromatic carbocycles. The van der Waals surface area contributed by atoms with Crippen molar-refractivity contribution in [2.24, 2.45) is 5.92 Å². The summed E-state index contributed by atoms with van der Waals surface area (Å²) in [6.07, 6.45) is 1.19. The summed E-state index contributed by atoms with van der Waals surface area (Å²) in [5.74, 6) is 2.32. The first kappa shape index (κ1) is 46.3. The van der Waals surface area contributed by atoms with Crippen LogP contribution in [-0.2, 0) is 10.8 Å². The molecule has 0 N–H and O–H groups in total. The molecule has 14 rings (SSSR count). The Morgan fingerprint density at radius 2 is 0.818 bits per heavy atom. The normalized spacial score (nSPS) is 14.8. The summed E-state index contributed by atoms with van der Waals surface area (Å²) >= 11 is 0. The minimum absolute atomic E-state index is 0.0740. The smallest absolute Gasteiger partial charge is 0.238 e. The molecule has 13 aromatic rings. The molecule has 1 atom stereocenters. The molecule has 0 spiro atoms. The highest BCUT2D eigenvalue weighted by Crippen LogP contribution is 2.52. The maximum Gasteiger partial charge on any atom is 0.238 e. The number of aromatic nitrogens is 5. The summed E-state index contributed by atoms with van der Waals surface area (Å²) in [6, 6.07) is 85.3. The molecule has 77 heavy (non-hydrogen) atoms. The predicted molar refractivity (Wildman–Crippen MR) is 321 cm³/mol. The lowest BCUT2D eigenvalue weighted by Gasteiger charge is -2.47. The zero-order valence-corrected chi connectivity index (χ0v) is 44.0. The largest absolute Gasteiger partial charge is 0.307 e. The number of hydrogen-bond acceptors (Lipinski definition) is 3. The third-order valence-electron chi connectivity index (χ3n) is 16.9. The van der Waals surface area contributed by atoms with Gasteiger partial charge < -0.3 is 4.57 Å².